The number of allylic oxidation sites excluding steroid dienone is 1. The van der Waals surface area contributed by atoms with E-state index in [2.05, 4.69) is 46.9 Å². The first-order valence-electron chi connectivity index (χ1n) is 21.3. The average molecular weight is 709 g/mol. The first-order valence-corrected chi connectivity index (χ1v) is 21.3. The van der Waals surface area contributed by atoms with Crippen molar-refractivity contribution >= 4 is 12.3 Å². The van der Waals surface area contributed by atoms with Crippen molar-refractivity contribution < 1.29 is 24.2 Å². The van der Waals surface area contributed by atoms with Gasteiger partial charge in [-0.15, -0.1) is 0 Å². The monoisotopic (exact) mass is 709 g/mol. The predicted molar refractivity (Wildman–Crippen MR) is 198 cm³/mol. The van der Waals surface area contributed by atoms with E-state index in [1.54, 1.807) is 0 Å². The van der Waals surface area contributed by atoms with Crippen molar-refractivity contribution in [3.63, 3.8) is 0 Å². The van der Waals surface area contributed by atoms with E-state index >= 15 is 0 Å². The van der Waals surface area contributed by atoms with Crippen LogP contribution in [0.5, 0.6) is 0 Å². The molecule has 7 fully saturated rings. The fourth-order valence-corrected chi connectivity index (χ4v) is 14.0. The summed E-state index contributed by atoms with van der Waals surface area (Å²) in [5, 5.41) is 15.5. The van der Waals surface area contributed by atoms with Crippen LogP contribution in [0.3, 0.4) is 0 Å². The van der Waals surface area contributed by atoms with Gasteiger partial charge in [-0.3, -0.25) is 19.5 Å². The quantitative estimate of drug-likeness (QED) is 0.159. The summed E-state index contributed by atoms with van der Waals surface area (Å²) in [6.45, 7) is 20.3. The van der Waals surface area contributed by atoms with Crippen LogP contribution in [0.4, 0.5) is 0 Å². The normalized spacial score (nSPS) is 43.5. The third-order valence-electron chi connectivity index (χ3n) is 16.4. The number of nitrogens with zero attached hydrogens (tertiary/aromatic N) is 3. The Labute approximate surface area is 307 Å². The summed E-state index contributed by atoms with van der Waals surface area (Å²) in [4.78, 5) is 35.6. The van der Waals surface area contributed by atoms with Gasteiger partial charge in [0, 0.05) is 77.4 Å². The topological polar surface area (TPSA) is 94.6 Å². The van der Waals surface area contributed by atoms with E-state index in [9.17, 15) is 14.7 Å². The smallest absolute Gasteiger partial charge is 0.315 e. The molecule has 0 spiro atoms. The predicted octanol–water partition coefficient (Wildman–Crippen LogP) is 4.80. The van der Waals surface area contributed by atoms with E-state index in [4.69, 9.17) is 9.47 Å². The molecule has 9 nitrogen and oxygen atoms in total. The van der Waals surface area contributed by atoms with Crippen molar-refractivity contribution in [2.24, 2.45) is 57.7 Å². The van der Waals surface area contributed by atoms with E-state index in [-0.39, 0.29) is 30.0 Å². The Bertz CT molecular complexity index is 1290. The molecule has 0 aromatic rings. The number of carbonyl (C=O) groups excluding carboxylic acids is 1. The maximum Gasteiger partial charge on any atom is 0.315 e. The van der Waals surface area contributed by atoms with Gasteiger partial charge in [-0.25, -0.2) is 0 Å². The van der Waals surface area contributed by atoms with Crippen LogP contribution in [-0.2, 0) is 19.1 Å². The Morgan fingerprint density at radius 2 is 1.63 bits per heavy atom. The molecule has 0 aromatic heterocycles. The molecule has 8 rings (SSSR count). The van der Waals surface area contributed by atoms with Gasteiger partial charge in [-0.2, -0.15) is 0 Å². The standard InChI is InChI=1S/C42H68N4O5/c1-29(2)36-23-32-25-40(28-47)35-10-9-30(3)34(35)26-41(32,42(36,40)39(48)49)38-24-33(31-7-5-4-6-8-31)37(51-38)27-43-11-12-44-13-15-45(16-14-44)17-18-46-19-21-50-22-20-46/h23,28-35,37-38,43H,4-22,24-27H2,1-3H3,(H,48,49)/t30-,32?,33+,34-,35-,37+,38-,40?,41?,42+/m1/s1. The molecule has 4 saturated carbocycles. The fourth-order valence-electron chi connectivity index (χ4n) is 14.0. The van der Waals surface area contributed by atoms with E-state index < -0.39 is 22.2 Å². The van der Waals surface area contributed by atoms with Crippen molar-refractivity contribution in [1.29, 1.82) is 0 Å². The summed E-state index contributed by atoms with van der Waals surface area (Å²) < 4.78 is 12.9. The summed E-state index contributed by atoms with van der Waals surface area (Å²) in [5.74, 6) is 1.65. The van der Waals surface area contributed by atoms with E-state index in [0.717, 1.165) is 116 Å². The molecular weight excluding hydrogens is 640 g/mol. The van der Waals surface area contributed by atoms with Crippen LogP contribution < -0.4 is 5.32 Å². The van der Waals surface area contributed by atoms with Crippen LogP contribution in [0.1, 0.15) is 85.0 Å². The lowest BCUT2D eigenvalue weighted by Crippen LogP contribution is -2.65. The third-order valence-corrected chi connectivity index (χ3v) is 16.4. The molecule has 51 heavy (non-hydrogen) atoms. The van der Waals surface area contributed by atoms with Gasteiger partial charge in [-0.1, -0.05) is 70.9 Å². The number of piperazine rings is 1. The lowest BCUT2D eigenvalue weighted by molar-refractivity contribution is -0.197. The van der Waals surface area contributed by atoms with Gasteiger partial charge in [0.2, 0.25) is 0 Å². The molecule has 3 unspecified atom stereocenters. The Morgan fingerprint density at radius 1 is 0.941 bits per heavy atom. The van der Waals surface area contributed by atoms with E-state index in [0.29, 0.717) is 30.1 Å². The number of ether oxygens (including phenoxy) is 2. The Hall–Kier alpha value is -1.36. The van der Waals surface area contributed by atoms with Crippen LogP contribution in [0, 0.1) is 57.7 Å². The molecule has 8 aliphatic rings. The van der Waals surface area contributed by atoms with Crippen LogP contribution in [0.25, 0.3) is 0 Å². The molecule has 2 N–H and O–H groups in total. The molecule has 3 saturated heterocycles. The second-order valence-electron chi connectivity index (χ2n) is 18.7. The molecule has 5 aliphatic carbocycles. The van der Waals surface area contributed by atoms with Crippen LogP contribution in [0.15, 0.2) is 11.6 Å². The minimum absolute atomic E-state index is 0.0973. The second-order valence-corrected chi connectivity index (χ2v) is 18.7. The molecule has 0 aromatic carbocycles. The van der Waals surface area contributed by atoms with Gasteiger partial charge in [0.15, 0.2) is 0 Å². The van der Waals surface area contributed by atoms with Crippen LogP contribution in [0.2, 0.25) is 0 Å². The molecule has 0 amide bonds. The zero-order chi connectivity index (χ0) is 35.4. The summed E-state index contributed by atoms with van der Waals surface area (Å²) in [6, 6.07) is 0. The highest BCUT2D eigenvalue weighted by atomic mass is 16.5. The van der Waals surface area contributed by atoms with Crippen LogP contribution >= 0.6 is 0 Å². The number of carbonyl (C=O) groups is 2. The number of nitrogens with one attached hydrogen (secondary N) is 1. The van der Waals surface area contributed by atoms with Crippen molar-refractivity contribution in [3.8, 4) is 0 Å². The van der Waals surface area contributed by atoms with Crippen molar-refractivity contribution in [2.45, 2.75) is 97.2 Å². The molecular formula is C42H68N4O5. The van der Waals surface area contributed by atoms with Crippen molar-refractivity contribution in [1.82, 2.24) is 20.0 Å². The van der Waals surface area contributed by atoms with E-state index in [1.165, 1.54) is 38.4 Å². The number of hydrogen-bond donors (Lipinski definition) is 2. The first kappa shape index (κ1) is 36.6. The lowest BCUT2D eigenvalue weighted by Gasteiger charge is -2.60. The summed E-state index contributed by atoms with van der Waals surface area (Å²) in [7, 11) is 0. The van der Waals surface area contributed by atoms with Crippen molar-refractivity contribution in [2.75, 3.05) is 85.2 Å². The fraction of sp³-hybridized carbons (Fsp3) is 0.905. The van der Waals surface area contributed by atoms with Crippen LogP contribution in [-0.4, -0.2) is 129 Å². The first-order chi connectivity index (χ1) is 24.7. The van der Waals surface area contributed by atoms with Gasteiger partial charge in [-0.05, 0) is 67.1 Å². The van der Waals surface area contributed by atoms with Gasteiger partial charge < -0.3 is 24.7 Å². The van der Waals surface area contributed by atoms with E-state index in [1.807, 2.05) is 0 Å². The highest BCUT2D eigenvalue weighted by Crippen LogP contribution is 2.84. The van der Waals surface area contributed by atoms with Crippen molar-refractivity contribution in [3.05, 3.63) is 11.6 Å². The number of rotatable bonds is 13. The number of morpholine rings is 1. The Balaban J connectivity index is 0.966. The molecule has 0 radical (unpaired) electrons. The van der Waals surface area contributed by atoms with Gasteiger partial charge in [0.1, 0.15) is 11.7 Å². The maximum atomic E-state index is 14.2. The van der Waals surface area contributed by atoms with Gasteiger partial charge >= 0.3 is 5.97 Å². The Kier molecular flexibility index (Phi) is 10.6. The molecule has 4 bridgehead atoms. The average Bonchev–Trinajstić information content (AvgIpc) is 3.87. The maximum absolute atomic E-state index is 14.2. The number of carboxylic acids is 1. The summed E-state index contributed by atoms with van der Waals surface area (Å²) in [6.07, 6.45) is 14.6. The number of hydrogen-bond acceptors (Lipinski definition) is 8. The number of aliphatic carboxylic acids is 1. The molecule has 3 heterocycles. The SMILES string of the molecule is CC(C)C1=CC2CC3(C=O)[C@@H]4CC[C@@H](C)[C@H]4CC2([C@H]2C[C@@H](C4CCCCC4)[C@H](CNCCN4CCN(CCN5CCOCC5)CC4)O2)[C@]13C(=O)O. The summed E-state index contributed by atoms with van der Waals surface area (Å²) in [5.41, 5.74) is -1.47. The summed E-state index contributed by atoms with van der Waals surface area (Å²) >= 11 is 0. The highest BCUT2D eigenvalue weighted by molar-refractivity contribution is 5.90. The largest absolute Gasteiger partial charge is 0.481 e. The molecule has 286 valence electrons. The zero-order valence-corrected chi connectivity index (χ0v) is 32.0. The molecule has 3 aliphatic heterocycles. The highest BCUT2D eigenvalue weighted by Gasteiger charge is 2.86. The lowest BCUT2D eigenvalue weighted by atomic mass is 9.41. The van der Waals surface area contributed by atoms with Gasteiger partial charge in [0.05, 0.1) is 30.8 Å². The number of aldehydes is 1. The Morgan fingerprint density at radius 3 is 2.29 bits per heavy atom. The number of carboxylic acid groups (broad SMARTS) is 1. The zero-order valence-electron chi connectivity index (χ0n) is 32.0. The second kappa shape index (κ2) is 14.7. The molecule has 10 atom stereocenters. The number of fused-ring (bicyclic) bond motifs is 2. The van der Waals surface area contributed by atoms with Gasteiger partial charge in [0.25, 0.3) is 0 Å². The minimum Gasteiger partial charge on any atom is -0.481 e. The third kappa shape index (κ3) is 5.84. The minimum atomic E-state index is -1.15. The molecule has 9 heteroatoms.